The summed E-state index contributed by atoms with van der Waals surface area (Å²) in [7, 11) is 0. The maximum atomic E-state index is 14.2. The molecule has 60 heavy (non-hydrogen) atoms. The highest BCUT2D eigenvalue weighted by molar-refractivity contribution is 5.68. The van der Waals surface area contributed by atoms with Crippen LogP contribution in [0.5, 0.6) is 0 Å². The van der Waals surface area contributed by atoms with Gasteiger partial charge in [0.2, 0.25) is 5.82 Å². The number of anilines is 3. The lowest BCUT2D eigenvalue weighted by Gasteiger charge is -2.07. The van der Waals surface area contributed by atoms with Crippen LogP contribution in [0.4, 0.5) is 31.8 Å². The van der Waals surface area contributed by atoms with E-state index in [0.717, 1.165) is 6.20 Å². The number of nitro groups is 1. The molecule has 6 aromatic heterocycles. The van der Waals surface area contributed by atoms with Gasteiger partial charge in [-0.2, -0.15) is 10.2 Å². The first kappa shape index (κ1) is 40.2. The zero-order valence-electron chi connectivity index (χ0n) is 31.3. The van der Waals surface area contributed by atoms with E-state index in [9.17, 15) is 18.9 Å². The predicted octanol–water partition coefficient (Wildman–Crippen LogP) is 4.66. The van der Waals surface area contributed by atoms with Crippen LogP contribution in [0.25, 0.3) is 45.8 Å². The minimum absolute atomic E-state index is 0.0457. The Kier molecular flexibility index (Phi) is 12.4. The maximum Gasteiger partial charge on any atom is 0.329 e. The first-order chi connectivity index (χ1) is 29.2. The normalized spacial score (nSPS) is 10.9. The number of nitrogens with zero attached hydrogens (tertiary/aromatic N) is 11. The van der Waals surface area contributed by atoms with E-state index < -0.39 is 4.92 Å². The number of nitrogen functional groups attached to an aromatic ring is 1. The number of nitrogens with one attached hydrogen (secondary N) is 2. The molecule has 6 N–H and O–H groups in total. The lowest BCUT2D eigenvalue weighted by Crippen LogP contribution is -2.10. The fraction of sp³-hybridized carbons (Fsp3) is 0.158. The summed E-state index contributed by atoms with van der Waals surface area (Å²) in [5.74, 6) is 0.0914. The van der Waals surface area contributed by atoms with Gasteiger partial charge < -0.3 is 35.6 Å². The van der Waals surface area contributed by atoms with Crippen molar-refractivity contribution < 1.29 is 33.0 Å². The number of aromatic nitrogens is 10. The van der Waals surface area contributed by atoms with E-state index in [4.69, 9.17) is 25.0 Å². The molecule has 0 amide bonds. The molecule has 0 bridgehead atoms. The van der Waals surface area contributed by atoms with E-state index >= 15 is 0 Å². The molecule has 22 heteroatoms. The number of benzene rings is 2. The molecule has 2 aromatic carbocycles. The standard InChI is InChI=1S/C19H16FN7O4.C19H18FN7O2/c20-13-4-2-1-3-12(13)11-26-16(14-5-8-31-25-14)9-15(24-26)18-22-10-17(27(29)30)19(23-18)21-6-7-28;20-13-4-2-1-3-12(13)11-27-17(15-5-8-29-26-15)9-16(25-27)19-23-10-14(21)18(24-19)22-6-7-28/h1-5,8-10,28H,6-7,11H2,(H,21,22,23);1-5,8-10,28H,6-7,11,21H2,(H,22,23,24). The maximum absolute atomic E-state index is 14.2. The third kappa shape index (κ3) is 9.25. The average molecular weight is 821 g/mol. The lowest BCUT2D eigenvalue weighted by atomic mass is 10.2. The Morgan fingerprint density at radius 3 is 1.65 bits per heavy atom. The number of rotatable bonds is 15. The number of hydrogen-bond acceptors (Lipinski definition) is 17. The molecule has 0 aliphatic rings. The molecule has 0 saturated carbocycles. The predicted molar refractivity (Wildman–Crippen MR) is 211 cm³/mol. The van der Waals surface area contributed by atoms with Crippen molar-refractivity contribution in [2.24, 2.45) is 0 Å². The van der Waals surface area contributed by atoms with Crippen LogP contribution in [0.2, 0.25) is 0 Å². The molecule has 0 atom stereocenters. The minimum Gasteiger partial charge on any atom is -0.395 e. The molecule has 0 aliphatic heterocycles. The third-order valence-corrected chi connectivity index (χ3v) is 8.57. The van der Waals surface area contributed by atoms with Gasteiger partial charge >= 0.3 is 5.69 Å². The van der Waals surface area contributed by atoms with Crippen molar-refractivity contribution in [1.29, 1.82) is 0 Å². The topological polar surface area (TPSA) is 273 Å². The van der Waals surface area contributed by atoms with E-state index in [1.54, 1.807) is 65.3 Å². The molecule has 8 aromatic rings. The zero-order chi connectivity index (χ0) is 42.0. The van der Waals surface area contributed by atoms with Crippen molar-refractivity contribution >= 4 is 23.0 Å². The summed E-state index contributed by atoms with van der Waals surface area (Å²) >= 11 is 0. The summed E-state index contributed by atoms with van der Waals surface area (Å²) in [6.07, 6.45) is 5.38. The van der Waals surface area contributed by atoms with Crippen molar-refractivity contribution in [1.82, 2.24) is 49.8 Å². The fourth-order valence-electron chi connectivity index (χ4n) is 5.74. The highest BCUT2D eigenvalue weighted by Crippen LogP contribution is 2.29. The molecule has 6 heterocycles. The summed E-state index contributed by atoms with van der Waals surface area (Å²) < 4.78 is 41.3. The monoisotopic (exact) mass is 820 g/mol. The zero-order valence-corrected chi connectivity index (χ0v) is 31.3. The molecule has 0 aliphatic carbocycles. The van der Waals surface area contributed by atoms with Crippen LogP contribution in [-0.4, -0.2) is 91.2 Å². The van der Waals surface area contributed by atoms with Gasteiger partial charge in [-0.15, -0.1) is 0 Å². The minimum atomic E-state index is -0.624. The summed E-state index contributed by atoms with van der Waals surface area (Å²) in [4.78, 5) is 27.5. The molecular formula is C38H34F2N14O6. The third-order valence-electron chi connectivity index (χ3n) is 8.57. The molecule has 20 nitrogen and oxygen atoms in total. The second-order valence-electron chi connectivity index (χ2n) is 12.6. The van der Waals surface area contributed by atoms with Gasteiger partial charge in [0, 0.05) is 36.3 Å². The Morgan fingerprint density at radius 1 is 0.700 bits per heavy atom. The molecule has 306 valence electrons. The number of hydrogen-bond donors (Lipinski definition) is 5. The molecule has 0 unspecified atom stereocenters. The van der Waals surface area contributed by atoms with Gasteiger partial charge in [-0.1, -0.05) is 46.7 Å². The van der Waals surface area contributed by atoms with Gasteiger partial charge in [0.15, 0.2) is 17.5 Å². The highest BCUT2D eigenvalue weighted by Gasteiger charge is 2.22. The number of aliphatic hydroxyl groups excluding tert-OH is 2. The Hall–Kier alpha value is -7.98. The van der Waals surface area contributed by atoms with Crippen molar-refractivity contribution in [2.75, 3.05) is 42.7 Å². The van der Waals surface area contributed by atoms with Crippen LogP contribution in [0.3, 0.4) is 0 Å². The first-order valence-electron chi connectivity index (χ1n) is 18.0. The van der Waals surface area contributed by atoms with Gasteiger partial charge in [-0.05, 0) is 24.3 Å². The Balaban J connectivity index is 0.000000182. The fourth-order valence-corrected chi connectivity index (χ4v) is 5.74. The summed E-state index contributed by atoms with van der Waals surface area (Å²) in [6.45, 7) is 0.378. The van der Waals surface area contributed by atoms with Crippen molar-refractivity contribution in [2.45, 2.75) is 13.1 Å². The second kappa shape index (κ2) is 18.5. The summed E-state index contributed by atoms with van der Waals surface area (Å²) in [6, 6.07) is 19.5. The Bertz CT molecular complexity index is 2690. The van der Waals surface area contributed by atoms with Crippen LogP contribution >= 0.6 is 0 Å². The van der Waals surface area contributed by atoms with Crippen LogP contribution in [0.15, 0.2) is 107 Å². The van der Waals surface area contributed by atoms with Gasteiger partial charge in [0.1, 0.15) is 53.1 Å². The molecule has 8 rings (SSSR count). The van der Waals surface area contributed by atoms with Crippen molar-refractivity contribution in [3.63, 3.8) is 0 Å². The van der Waals surface area contributed by atoms with Gasteiger partial charge in [-0.3, -0.25) is 19.5 Å². The van der Waals surface area contributed by atoms with E-state index in [-0.39, 0.29) is 61.8 Å². The van der Waals surface area contributed by atoms with Crippen molar-refractivity contribution in [3.8, 4) is 45.8 Å². The van der Waals surface area contributed by atoms with E-state index in [0.29, 0.717) is 69.2 Å². The second-order valence-corrected chi connectivity index (χ2v) is 12.6. The summed E-state index contributed by atoms with van der Waals surface area (Å²) in [5.41, 5.74) is 9.73. The smallest absolute Gasteiger partial charge is 0.329 e. The number of aliphatic hydroxyl groups is 2. The van der Waals surface area contributed by atoms with Gasteiger partial charge in [0.25, 0.3) is 0 Å². The van der Waals surface area contributed by atoms with Crippen molar-refractivity contribution in [3.05, 3.63) is 131 Å². The van der Waals surface area contributed by atoms with E-state index in [1.807, 2.05) is 0 Å². The quantitative estimate of drug-likeness (QED) is 0.0694. The van der Waals surface area contributed by atoms with Crippen LogP contribution < -0.4 is 16.4 Å². The van der Waals surface area contributed by atoms with Crippen LogP contribution in [0.1, 0.15) is 11.1 Å². The molecule has 0 spiro atoms. The van der Waals surface area contributed by atoms with Crippen LogP contribution in [0, 0.1) is 21.7 Å². The van der Waals surface area contributed by atoms with Gasteiger partial charge in [0.05, 0.1) is 54.5 Å². The molecule has 0 saturated heterocycles. The van der Waals surface area contributed by atoms with E-state index in [2.05, 4.69) is 51.1 Å². The summed E-state index contributed by atoms with van der Waals surface area (Å²) in [5, 5.41) is 51.8. The van der Waals surface area contributed by atoms with Gasteiger partial charge in [-0.25, -0.2) is 28.7 Å². The molecular weight excluding hydrogens is 787 g/mol. The average Bonchev–Trinajstić information content (AvgIpc) is 4.10. The van der Waals surface area contributed by atoms with Crippen LogP contribution in [-0.2, 0) is 13.1 Å². The number of nitrogens with two attached hydrogens (primary N) is 1. The lowest BCUT2D eigenvalue weighted by molar-refractivity contribution is -0.384. The Morgan fingerprint density at radius 2 is 1.18 bits per heavy atom. The molecule has 0 fully saturated rings. The molecule has 0 radical (unpaired) electrons. The van der Waals surface area contributed by atoms with E-state index in [1.165, 1.54) is 35.5 Å². The Labute approximate surface area is 337 Å². The first-order valence-corrected chi connectivity index (χ1v) is 18.0. The largest absolute Gasteiger partial charge is 0.395 e. The SMILES string of the molecule is Nc1cnc(-c2cc(-c3ccon3)n(Cc3ccccc3F)n2)nc1NCCO.O=[N+]([O-])c1cnc(-c2cc(-c3ccon3)n(Cc3ccccc3F)n2)nc1NCCO. The number of halogens is 2. The highest BCUT2D eigenvalue weighted by atomic mass is 19.1.